The van der Waals surface area contributed by atoms with Crippen molar-refractivity contribution in [1.29, 1.82) is 0 Å². The zero-order valence-electron chi connectivity index (χ0n) is 20.4. The van der Waals surface area contributed by atoms with E-state index in [0.717, 1.165) is 15.6 Å². The first-order valence-electron chi connectivity index (χ1n) is 10.7. The third-order valence-electron chi connectivity index (χ3n) is 3.83. The molecule has 0 fully saturated rings. The molecule has 204 valence electrons. The molecule has 0 atom stereocenters. The van der Waals surface area contributed by atoms with Crippen molar-refractivity contribution in [2.45, 2.75) is 0 Å². The lowest BCUT2D eigenvalue weighted by Crippen LogP contribution is -2.21. The Morgan fingerprint density at radius 1 is 0.590 bits per heavy atom. The number of hydrogen-bond donors (Lipinski definition) is 6. The topological polar surface area (TPSA) is 230 Å². The molecule has 39 heavy (non-hydrogen) atoms. The molecule has 0 unspecified atom stereocenters. The summed E-state index contributed by atoms with van der Waals surface area (Å²) in [4.78, 5) is 0. The summed E-state index contributed by atoms with van der Waals surface area (Å²) in [6.45, 7) is 0. The molecule has 0 aliphatic heterocycles. The van der Waals surface area contributed by atoms with Gasteiger partial charge in [0.05, 0.1) is 18.6 Å². The maximum Gasteiger partial charge on any atom is 0.211 e. The van der Waals surface area contributed by atoms with Gasteiger partial charge in [0.15, 0.2) is 0 Å². The van der Waals surface area contributed by atoms with E-state index in [1.807, 2.05) is 42.5 Å². The molecule has 0 spiro atoms. The van der Waals surface area contributed by atoms with Crippen molar-refractivity contribution in [3.8, 4) is 0 Å². The maximum atomic E-state index is 12.9. The van der Waals surface area contributed by atoms with Crippen LogP contribution in [0, 0.1) is 5.82 Å². The van der Waals surface area contributed by atoms with Crippen LogP contribution in [-0.2, 0) is 0 Å². The number of nitrogens with two attached hydrogens (primary N) is 6. The molecule has 15 heteroatoms. The Balaban J connectivity index is 0.000000292. The second-order valence-corrected chi connectivity index (χ2v) is 8.13. The number of halogens is 3. The van der Waals surface area contributed by atoms with Crippen LogP contribution in [0.1, 0.15) is 16.7 Å². The molecule has 0 aliphatic rings. The highest BCUT2D eigenvalue weighted by molar-refractivity contribution is 9.10. The first-order chi connectivity index (χ1) is 18.6. The Kier molecular flexibility index (Phi) is 15.2. The van der Waals surface area contributed by atoms with Crippen molar-refractivity contribution >= 4 is 64.1 Å². The smallest absolute Gasteiger partial charge is 0.211 e. The van der Waals surface area contributed by atoms with Crippen LogP contribution in [0.3, 0.4) is 0 Å². The van der Waals surface area contributed by atoms with Gasteiger partial charge in [-0.05, 0) is 18.2 Å². The molecule has 0 bridgehead atoms. The molecule has 0 aliphatic carbocycles. The number of guanidine groups is 3. The average Bonchev–Trinajstić information content (AvgIpc) is 2.88. The molecule has 12 N–H and O–H groups in total. The Bertz CT molecular complexity index is 1200. The fraction of sp³-hybridized carbons (Fsp3) is 0. The number of benzene rings is 3. The molecule has 0 aromatic heterocycles. The van der Waals surface area contributed by atoms with Crippen LogP contribution >= 0.6 is 27.5 Å². The van der Waals surface area contributed by atoms with Gasteiger partial charge in [0, 0.05) is 26.2 Å². The highest BCUT2D eigenvalue weighted by Crippen LogP contribution is 2.13. The Labute approximate surface area is 237 Å². The molecule has 3 aromatic rings. The standard InChI is InChI=1S/C8H9BrN4.C8H9ClN4.C8H9FN4/c3*9-7-4-2-1-3-6(7)5-12-13-8(10)11/h3*1-5H,(H4,10,11,13)/b3*12-5+. The maximum absolute atomic E-state index is 12.9. The molecule has 0 saturated carbocycles. The van der Waals surface area contributed by atoms with Crippen LogP contribution in [0.4, 0.5) is 4.39 Å². The molecular formula is C24H27BrClFN12. The van der Waals surface area contributed by atoms with E-state index in [-0.39, 0.29) is 23.7 Å². The van der Waals surface area contributed by atoms with E-state index in [0.29, 0.717) is 10.6 Å². The predicted octanol–water partition coefficient (Wildman–Crippen LogP) is 2.44. The van der Waals surface area contributed by atoms with E-state index in [2.05, 4.69) is 46.5 Å². The molecule has 0 radical (unpaired) electrons. The first-order valence-corrected chi connectivity index (χ1v) is 11.9. The minimum atomic E-state index is -0.364. The van der Waals surface area contributed by atoms with E-state index in [9.17, 15) is 4.39 Å². The van der Waals surface area contributed by atoms with Crippen molar-refractivity contribution in [2.75, 3.05) is 0 Å². The van der Waals surface area contributed by atoms with E-state index in [4.69, 9.17) is 46.0 Å². The Morgan fingerprint density at radius 3 is 1.44 bits per heavy atom. The number of rotatable bonds is 6. The third-order valence-corrected chi connectivity index (χ3v) is 4.89. The lowest BCUT2D eigenvalue weighted by molar-refractivity contribution is 0.626. The quantitative estimate of drug-likeness (QED) is 0.138. The fourth-order valence-corrected chi connectivity index (χ4v) is 2.78. The lowest BCUT2D eigenvalue weighted by atomic mass is 10.2. The monoisotopic (exact) mass is 616 g/mol. The highest BCUT2D eigenvalue weighted by atomic mass is 79.9. The van der Waals surface area contributed by atoms with Crippen molar-refractivity contribution < 1.29 is 4.39 Å². The Hall–Kier alpha value is -4.82. The molecular weight excluding hydrogens is 591 g/mol. The van der Waals surface area contributed by atoms with E-state index in [1.165, 1.54) is 18.5 Å². The minimum Gasteiger partial charge on any atom is -0.369 e. The molecule has 0 saturated heterocycles. The zero-order valence-corrected chi connectivity index (χ0v) is 22.8. The van der Waals surface area contributed by atoms with Crippen molar-refractivity contribution in [3.05, 3.63) is 105 Å². The summed E-state index contributed by atoms with van der Waals surface area (Å²) >= 11 is 9.20. The summed E-state index contributed by atoms with van der Waals surface area (Å²) < 4.78 is 13.9. The number of hydrogen-bond acceptors (Lipinski definition) is 6. The average molecular weight is 618 g/mol. The number of nitrogens with zero attached hydrogens (tertiary/aromatic N) is 6. The first kappa shape index (κ1) is 32.2. The van der Waals surface area contributed by atoms with Gasteiger partial charge in [0.2, 0.25) is 17.9 Å². The minimum absolute atomic E-state index is 0.0525. The SMILES string of the molecule is NC(N)=N/N=C/c1ccccc1Br.NC(N)=N/N=C/c1ccccc1Cl.NC(N)=N/N=C/c1ccccc1F. The van der Waals surface area contributed by atoms with Crippen LogP contribution in [0.5, 0.6) is 0 Å². The normalized spacial score (nSPS) is 10.2. The van der Waals surface area contributed by atoms with Gasteiger partial charge in [0.1, 0.15) is 5.82 Å². The van der Waals surface area contributed by atoms with Crippen LogP contribution in [0.2, 0.25) is 5.02 Å². The largest absolute Gasteiger partial charge is 0.369 e. The van der Waals surface area contributed by atoms with Gasteiger partial charge in [-0.2, -0.15) is 15.3 Å². The summed E-state index contributed by atoms with van der Waals surface area (Å²) in [5.41, 5.74) is 32.4. The van der Waals surface area contributed by atoms with Crippen molar-refractivity contribution in [1.82, 2.24) is 0 Å². The van der Waals surface area contributed by atoms with Gasteiger partial charge < -0.3 is 34.4 Å². The van der Waals surface area contributed by atoms with Gasteiger partial charge in [-0.3, -0.25) is 0 Å². The van der Waals surface area contributed by atoms with Gasteiger partial charge in [-0.25, -0.2) is 4.39 Å². The van der Waals surface area contributed by atoms with Gasteiger partial charge in [-0.1, -0.05) is 82.1 Å². The van der Waals surface area contributed by atoms with E-state index in [1.54, 1.807) is 30.5 Å². The summed E-state index contributed by atoms with van der Waals surface area (Å²) in [5, 5.41) is 21.7. The molecule has 3 rings (SSSR count). The van der Waals surface area contributed by atoms with Gasteiger partial charge >= 0.3 is 0 Å². The van der Waals surface area contributed by atoms with Crippen LogP contribution < -0.4 is 34.4 Å². The van der Waals surface area contributed by atoms with E-state index < -0.39 is 0 Å². The molecule has 3 aromatic carbocycles. The van der Waals surface area contributed by atoms with Crippen molar-refractivity contribution in [2.24, 2.45) is 65.0 Å². The van der Waals surface area contributed by atoms with E-state index >= 15 is 0 Å². The fourth-order valence-electron chi connectivity index (χ4n) is 2.21. The summed E-state index contributed by atoms with van der Waals surface area (Å²) in [7, 11) is 0. The lowest BCUT2D eigenvalue weighted by Gasteiger charge is -1.93. The van der Waals surface area contributed by atoms with Crippen LogP contribution in [-0.4, -0.2) is 36.5 Å². The molecule has 0 amide bonds. The zero-order chi connectivity index (χ0) is 29.0. The summed E-state index contributed by atoms with van der Waals surface area (Å²) in [5.74, 6) is -0.656. The second kappa shape index (κ2) is 18.4. The second-order valence-electron chi connectivity index (χ2n) is 6.87. The summed E-state index contributed by atoms with van der Waals surface area (Å²) in [6, 6.07) is 21.1. The van der Waals surface area contributed by atoms with Gasteiger partial charge in [-0.15, -0.1) is 15.3 Å². The third kappa shape index (κ3) is 15.1. The predicted molar refractivity (Wildman–Crippen MR) is 162 cm³/mol. The highest BCUT2D eigenvalue weighted by Gasteiger charge is 1.95. The molecule has 12 nitrogen and oxygen atoms in total. The molecule has 0 heterocycles. The van der Waals surface area contributed by atoms with Crippen LogP contribution in [0.25, 0.3) is 0 Å². The Morgan fingerprint density at radius 2 is 0.974 bits per heavy atom. The summed E-state index contributed by atoms with van der Waals surface area (Å²) in [6.07, 6.45) is 4.31. The van der Waals surface area contributed by atoms with Crippen LogP contribution in [0.15, 0.2) is 108 Å². The van der Waals surface area contributed by atoms with Gasteiger partial charge in [0.25, 0.3) is 0 Å². The van der Waals surface area contributed by atoms with Crippen molar-refractivity contribution in [3.63, 3.8) is 0 Å².